The summed E-state index contributed by atoms with van der Waals surface area (Å²) in [5.74, 6) is -0.963. The summed E-state index contributed by atoms with van der Waals surface area (Å²) in [6, 6.07) is 12.1. The number of amides is 1. The van der Waals surface area contributed by atoms with Crippen LogP contribution in [0, 0.1) is 13.8 Å². The molecule has 0 aliphatic rings. The van der Waals surface area contributed by atoms with E-state index >= 15 is 0 Å². The number of carboxylic acids is 1. The van der Waals surface area contributed by atoms with Crippen LogP contribution in [0.25, 0.3) is 11.3 Å². The molecule has 0 spiro atoms. The number of anilines is 1. The maximum absolute atomic E-state index is 12.8. The van der Waals surface area contributed by atoms with Gasteiger partial charge in [0.15, 0.2) is 0 Å². The van der Waals surface area contributed by atoms with Crippen LogP contribution in [-0.4, -0.2) is 46.3 Å². The highest BCUT2D eigenvalue weighted by atomic mass is 32.2. The highest BCUT2D eigenvalue weighted by molar-refractivity contribution is 8.00. The Morgan fingerprint density at radius 1 is 1.14 bits per heavy atom. The fraction of sp³-hybridized carbons (Fsp3) is 0.250. The molecule has 0 saturated heterocycles. The number of nitrogens with zero attached hydrogens (tertiary/aromatic N) is 2. The van der Waals surface area contributed by atoms with Crippen LogP contribution in [0.15, 0.2) is 53.4 Å². The van der Waals surface area contributed by atoms with Crippen molar-refractivity contribution in [3.8, 4) is 17.1 Å². The molecule has 0 aliphatic carbocycles. The standard InChI is InChI=1S/C24H23F3N4O4S/c1-14-5-3-6-15(2)21(14)19-10-20(35-12-17(28-13-32)11-24(25,26)27)30-23(29-19)31-36-18-8-4-7-16(9-18)22(33)34/h3-10,13,17H,11-12H2,1-2H3,(H,28,32)(H,33,34)(H,29,30,31). The van der Waals surface area contributed by atoms with Crippen LogP contribution >= 0.6 is 11.9 Å². The van der Waals surface area contributed by atoms with Crippen LogP contribution in [0.4, 0.5) is 19.1 Å². The number of hydrogen-bond donors (Lipinski definition) is 3. The van der Waals surface area contributed by atoms with E-state index in [9.17, 15) is 27.9 Å². The molecule has 0 bridgehead atoms. The molecule has 2 aromatic carbocycles. The third-order valence-corrected chi connectivity index (χ3v) is 5.77. The van der Waals surface area contributed by atoms with E-state index in [2.05, 4.69) is 20.0 Å². The van der Waals surface area contributed by atoms with Crippen molar-refractivity contribution in [3.05, 3.63) is 65.2 Å². The second-order valence-corrected chi connectivity index (χ2v) is 8.71. The number of aryl methyl sites for hydroxylation is 2. The fourth-order valence-electron chi connectivity index (χ4n) is 3.42. The summed E-state index contributed by atoms with van der Waals surface area (Å²) < 4.78 is 47.0. The largest absolute Gasteiger partial charge is 0.478 e. The van der Waals surface area contributed by atoms with Crippen molar-refractivity contribution < 1.29 is 32.6 Å². The van der Waals surface area contributed by atoms with E-state index in [0.717, 1.165) is 28.6 Å². The SMILES string of the molecule is Cc1cccc(C)c1-c1cc(OCC(CC(F)(F)F)NC=O)nc(NSc2cccc(C(=O)O)c2)n1. The van der Waals surface area contributed by atoms with Gasteiger partial charge in [-0.25, -0.2) is 9.78 Å². The number of alkyl halides is 3. The van der Waals surface area contributed by atoms with E-state index in [-0.39, 0.29) is 23.8 Å². The van der Waals surface area contributed by atoms with E-state index < -0.39 is 31.2 Å². The second-order valence-electron chi connectivity index (χ2n) is 7.83. The third kappa shape index (κ3) is 7.60. The number of benzene rings is 2. The first-order valence-corrected chi connectivity index (χ1v) is 11.5. The number of aromatic nitrogens is 2. The normalized spacial score (nSPS) is 12.0. The Bertz CT molecular complexity index is 1220. The van der Waals surface area contributed by atoms with E-state index in [4.69, 9.17) is 4.74 Å². The summed E-state index contributed by atoms with van der Waals surface area (Å²) in [6.07, 6.45) is -5.56. The van der Waals surface area contributed by atoms with Crippen molar-refractivity contribution in [2.75, 3.05) is 11.3 Å². The van der Waals surface area contributed by atoms with Gasteiger partial charge in [0.25, 0.3) is 0 Å². The molecule has 0 fully saturated rings. The fourth-order valence-corrected chi connectivity index (χ4v) is 4.05. The van der Waals surface area contributed by atoms with E-state index in [0.29, 0.717) is 10.6 Å². The highest BCUT2D eigenvalue weighted by Crippen LogP contribution is 2.30. The van der Waals surface area contributed by atoms with Gasteiger partial charge in [-0.15, -0.1) is 0 Å². The lowest BCUT2D eigenvalue weighted by Gasteiger charge is -2.19. The van der Waals surface area contributed by atoms with Gasteiger partial charge < -0.3 is 15.2 Å². The average molecular weight is 521 g/mol. The van der Waals surface area contributed by atoms with E-state index in [1.807, 2.05) is 32.0 Å². The van der Waals surface area contributed by atoms with Crippen molar-refractivity contribution in [3.63, 3.8) is 0 Å². The van der Waals surface area contributed by atoms with Gasteiger partial charge in [-0.1, -0.05) is 24.3 Å². The quantitative estimate of drug-likeness (QED) is 0.239. The van der Waals surface area contributed by atoms with Gasteiger partial charge in [0, 0.05) is 16.5 Å². The topological polar surface area (TPSA) is 113 Å². The smallest absolute Gasteiger partial charge is 0.391 e. The van der Waals surface area contributed by atoms with Crippen LogP contribution in [0.1, 0.15) is 27.9 Å². The second kappa shape index (κ2) is 11.8. The number of hydrogen-bond acceptors (Lipinski definition) is 7. The lowest BCUT2D eigenvalue weighted by molar-refractivity contribution is -0.142. The summed E-state index contributed by atoms with van der Waals surface area (Å²) >= 11 is 1.07. The van der Waals surface area contributed by atoms with Crippen molar-refractivity contribution in [2.45, 2.75) is 37.4 Å². The van der Waals surface area contributed by atoms with E-state index in [1.165, 1.54) is 18.2 Å². The molecule has 190 valence electrons. The number of ether oxygens (including phenoxy) is 1. The molecule has 36 heavy (non-hydrogen) atoms. The van der Waals surface area contributed by atoms with Gasteiger partial charge >= 0.3 is 12.1 Å². The number of carbonyl (C=O) groups is 2. The van der Waals surface area contributed by atoms with Gasteiger partial charge in [0.05, 0.1) is 23.7 Å². The molecule has 3 N–H and O–H groups in total. The zero-order valence-corrected chi connectivity index (χ0v) is 20.1. The Morgan fingerprint density at radius 3 is 2.47 bits per heavy atom. The summed E-state index contributed by atoms with van der Waals surface area (Å²) in [5, 5.41) is 11.3. The van der Waals surface area contributed by atoms with Crippen LogP contribution < -0.4 is 14.8 Å². The number of carboxylic acid groups (broad SMARTS) is 1. The average Bonchev–Trinajstić information content (AvgIpc) is 2.80. The minimum absolute atomic E-state index is 0.00455. The Hall–Kier alpha value is -3.80. The van der Waals surface area contributed by atoms with Gasteiger partial charge in [0.1, 0.15) is 6.61 Å². The molecular formula is C24H23F3N4O4S. The zero-order valence-electron chi connectivity index (χ0n) is 19.3. The van der Waals surface area contributed by atoms with Crippen molar-refractivity contribution >= 4 is 30.3 Å². The lowest BCUT2D eigenvalue weighted by atomic mass is 10.00. The number of carbonyl (C=O) groups excluding carboxylic acids is 1. The molecule has 1 unspecified atom stereocenters. The molecule has 0 aliphatic heterocycles. The Kier molecular flexibility index (Phi) is 8.75. The molecule has 8 nitrogen and oxygen atoms in total. The summed E-state index contributed by atoms with van der Waals surface area (Å²) in [5.41, 5.74) is 3.24. The van der Waals surface area contributed by atoms with Gasteiger partial charge in [0.2, 0.25) is 18.2 Å². The highest BCUT2D eigenvalue weighted by Gasteiger charge is 2.32. The minimum atomic E-state index is -4.49. The predicted molar refractivity (Wildman–Crippen MR) is 129 cm³/mol. The first-order chi connectivity index (χ1) is 17.1. The Morgan fingerprint density at radius 2 is 1.83 bits per heavy atom. The summed E-state index contributed by atoms with van der Waals surface area (Å²) in [4.78, 5) is 31.3. The van der Waals surface area contributed by atoms with Crippen molar-refractivity contribution in [2.24, 2.45) is 0 Å². The van der Waals surface area contributed by atoms with Crippen LogP contribution in [-0.2, 0) is 4.79 Å². The number of rotatable bonds is 11. The Labute approximate surface area is 209 Å². The maximum atomic E-state index is 12.8. The Balaban J connectivity index is 1.90. The number of nitrogens with one attached hydrogen (secondary N) is 2. The van der Waals surface area contributed by atoms with Crippen molar-refractivity contribution in [1.82, 2.24) is 15.3 Å². The van der Waals surface area contributed by atoms with Gasteiger partial charge in [-0.05, 0) is 55.1 Å². The predicted octanol–water partition coefficient (Wildman–Crippen LogP) is 5.02. The van der Waals surface area contributed by atoms with Gasteiger partial charge in [-0.2, -0.15) is 18.2 Å². The molecule has 12 heteroatoms. The molecule has 3 aromatic rings. The maximum Gasteiger partial charge on any atom is 0.391 e. The molecule has 1 heterocycles. The monoisotopic (exact) mass is 520 g/mol. The van der Waals surface area contributed by atoms with E-state index in [1.54, 1.807) is 12.1 Å². The number of aromatic carboxylic acids is 1. The first-order valence-electron chi connectivity index (χ1n) is 10.7. The van der Waals surface area contributed by atoms with Crippen molar-refractivity contribution in [1.29, 1.82) is 0 Å². The first kappa shape index (κ1) is 26.8. The molecule has 1 aromatic heterocycles. The molecule has 0 radical (unpaired) electrons. The molecule has 0 saturated carbocycles. The van der Waals surface area contributed by atoms with Crippen LogP contribution in [0.2, 0.25) is 0 Å². The van der Waals surface area contributed by atoms with Crippen LogP contribution in [0.3, 0.4) is 0 Å². The molecule has 1 atom stereocenters. The molecular weight excluding hydrogens is 497 g/mol. The minimum Gasteiger partial charge on any atom is -0.478 e. The summed E-state index contributed by atoms with van der Waals surface area (Å²) in [6.45, 7) is 3.34. The van der Waals surface area contributed by atoms with Crippen LogP contribution in [0.5, 0.6) is 5.88 Å². The molecule has 3 rings (SSSR count). The molecule has 1 amide bonds. The zero-order chi connectivity index (χ0) is 26.3. The third-order valence-electron chi connectivity index (χ3n) is 5.00. The summed E-state index contributed by atoms with van der Waals surface area (Å²) in [7, 11) is 0. The van der Waals surface area contributed by atoms with Gasteiger partial charge in [-0.3, -0.25) is 9.52 Å². The lowest BCUT2D eigenvalue weighted by Crippen LogP contribution is -2.37. The number of halogens is 3.